The number of carbonyl (C=O) groups excluding carboxylic acids is 2. The van der Waals surface area contributed by atoms with E-state index in [1.165, 1.54) is 19.1 Å². The Balaban J connectivity index is 1.96. The number of ether oxygens (including phenoxy) is 1. The molecule has 0 fully saturated rings. The zero-order chi connectivity index (χ0) is 16.1. The number of benzene rings is 2. The summed E-state index contributed by atoms with van der Waals surface area (Å²) in [5.41, 5.74) is 0.672. The molecule has 0 aliphatic carbocycles. The van der Waals surface area contributed by atoms with E-state index >= 15 is 0 Å². The van der Waals surface area contributed by atoms with Gasteiger partial charge in [-0.15, -0.1) is 0 Å². The molecular formula is C16H13ClFNO3. The van der Waals surface area contributed by atoms with Crippen molar-refractivity contribution in [1.29, 1.82) is 0 Å². The summed E-state index contributed by atoms with van der Waals surface area (Å²) in [4.78, 5) is 23.8. The summed E-state index contributed by atoms with van der Waals surface area (Å²) in [6, 6.07) is 11.5. The number of halogens is 2. The van der Waals surface area contributed by atoms with Gasteiger partial charge in [0.25, 0.3) is 5.91 Å². The maximum atomic E-state index is 12.8. The second-order valence-electron chi connectivity index (χ2n) is 4.55. The second kappa shape index (κ2) is 7.04. The van der Waals surface area contributed by atoms with Crippen LogP contribution in [-0.4, -0.2) is 18.0 Å². The largest absolute Gasteiger partial charge is 0.449 e. The molecule has 0 aliphatic heterocycles. The van der Waals surface area contributed by atoms with Gasteiger partial charge in [0.2, 0.25) is 0 Å². The minimum absolute atomic E-state index is 0.170. The van der Waals surface area contributed by atoms with E-state index in [-0.39, 0.29) is 5.56 Å². The van der Waals surface area contributed by atoms with Gasteiger partial charge in [-0.25, -0.2) is 9.18 Å². The first-order valence-corrected chi connectivity index (χ1v) is 6.86. The van der Waals surface area contributed by atoms with E-state index in [2.05, 4.69) is 5.32 Å². The molecule has 1 atom stereocenters. The standard InChI is InChI=1S/C16H13ClFNO3/c1-10(15(20)19-14-4-2-3-12(17)9-14)22-16(21)11-5-7-13(18)8-6-11/h2-10H,1H3,(H,19,20). The summed E-state index contributed by atoms with van der Waals surface area (Å²) in [5, 5.41) is 3.07. The van der Waals surface area contributed by atoms with E-state index in [1.807, 2.05) is 0 Å². The first-order valence-electron chi connectivity index (χ1n) is 6.48. The highest BCUT2D eigenvalue weighted by molar-refractivity contribution is 6.30. The van der Waals surface area contributed by atoms with Gasteiger partial charge in [0, 0.05) is 10.7 Å². The molecule has 2 aromatic carbocycles. The van der Waals surface area contributed by atoms with Crippen LogP contribution < -0.4 is 5.32 Å². The number of amides is 1. The van der Waals surface area contributed by atoms with Crippen molar-refractivity contribution in [3.63, 3.8) is 0 Å². The van der Waals surface area contributed by atoms with Gasteiger partial charge in [-0.2, -0.15) is 0 Å². The monoisotopic (exact) mass is 321 g/mol. The molecule has 0 bridgehead atoms. The van der Waals surface area contributed by atoms with Crippen LogP contribution in [-0.2, 0) is 9.53 Å². The van der Waals surface area contributed by atoms with Crippen molar-refractivity contribution < 1.29 is 18.7 Å². The molecule has 0 saturated heterocycles. The first-order chi connectivity index (χ1) is 10.5. The maximum absolute atomic E-state index is 12.8. The molecule has 2 aromatic rings. The van der Waals surface area contributed by atoms with E-state index in [0.29, 0.717) is 10.7 Å². The molecule has 0 aliphatic rings. The van der Waals surface area contributed by atoms with Gasteiger partial charge >= 0.3 is 5.97 Å². The number of hydrogen-bond donors (Lipinski definition) is 1. The van der Waals surface area contributed by atoms with Crippen molar-refractivity contribution in [3.8, 4) is 0 Å². The quantitative estimate of drug-likeness (QED) is 0.874. The van der Waals surface area contributed by atoms with Crippen LogP contribution in [0.5, 0.6) is 0 Å². The fourth-order valence-electron chi connectivity index (χ4n) is 1.68. The summed E-state index contributed by atoms with van der Waals surface area (Å²) in [5.74, 6) is -1.64. The summed E-state index contributed by atoms with van der Waals surface area (Å²) in [6.07, 6.45) is -1.00. The average molecular weight is 322 g/mol. The van der Waals surface area contributed by atoms with Crippen LogP contribution >= 0.6 is 11.6 Å². The predicted molar refractivity (Wildman–Crippen MR) is 81.4 cm³/mol. The van der Waals surface area contributed by atoms with E-state index in [9.17, 15) is 14.0 Å². The SMILES string of the molecule is CC(OC(=O)c1ccc(F)cc1)C(=O)Nc1cccc(Cl)c1. The highest BCUT2D eigenvalue weighted by atomic mass is 35.5. The highest BCUT2D eigenvalue weighted by Crippen LogP contribution is 2.15. The Kier molecular flexibility index (Phi) is 5.12. The Morgan fingerprint density at radius 2 is 1.86 bits per heavy atom. The Bertz CT molecular complexity index is 688. The van der Waals surface area contributed by atoms with E-state index in [1.54, 1.807) is 24.3 Å². The lowest BCUT2D eigenvalue weighted by Crippen LogP contribution is -2.30. The van der Waals surface area contributed by atoms with Crippen molar-refractivity contribution in [2.45, 2.75) is 13.0 Å². The van der Waals surface area contributed by atoms with Gasteiger partial charge in [0.05, 0.1) is 5.56 Å². The lowest BCUT2D eigenvalue weighted by Gasteiger charge is -2.13. The second-order valence-corrected chi connectivity index (χ2v) is 4.99. The molecular weight excluding hydrogens is 309 g/mol. The first kappa shape index (κ1) is 16.0. The lowest BCUT2D eigenvalue weighted by atomic mass is 10.2. The normalized spacial score (nSPS) is 11.6. The van der Waals surface area contributed by atoms with E-state index in [0.717, 1.165) is 12.1 Å². The molecule has 114 valence electrons. The fraction of sp³-hybridized carbons (Fsp3) is 0.125. The molecule has 4 nitrogen and oxygen atoms in total. The Morgan fingerprint density at radius 1 is 1.18 bits per heavy atom. The summed E-state index contributed by atoms with van der Waals surface area (Å²) >= 11 is 5.82. The van der Waals surface area contributed by atoms with Crippen LogP contribution in [0.15, 0.2) is 48.5 Å². The van der Waals surface area contributed by atoms with Gasteiger partial charge in [0.1, 0.15) is 5.82 Å². The molecule has 1 unspecified atom stereocenters. The Morgan fingerprint density at radius 3 is 2.50 bits per heavy atom. The van der Waals surface area contributed by atoms with Crippen molar-refractivity contribution in [3.05, 3.63) is 64.9 Å². The van der Waals surface area contributed by atoms with E-state index in [4.69, 9.17) is 16.3 Å². The molecule has 22 heavy (non-hydrogen) atoms. The predicted octanol–water partition coefficient (Wildman–Crippen LogP) is 3.66. The highest BCUT2D eigenvalue weighted by Gasteiger charge is 2.19. The average Bonchev–Trinajstić information content (AvgIpc) is 2.47. The molecule has 1 N–H and O–H groups in total. The number of esters is 1. The molecule has 6 heteroatoms. The zero-order valence-electron chi connectivity index (χ0n) is 11.7. The van der Waals surface area contributed by atoms with Crippen LogP contribution in [0.1, 0.15) is 17.3 Å². The van der Waals surface area contributed by atoms with Gasteiger partial charge in [0.15, 0.2) is 6.10 Å². The minimum atomic E-state index is -1.00. The third-order valence-corrected chi connectivity index (χ3v) is 3.06. The summed E-state index contributed by atoms with van der Waals surface area (Å²) in [6.45, 7) is 1.45. The van der Waals surface area contributed by atoms with Crippen LogP contribution in [0, 0.1) is 5.82 Å². The van der Waals surface area contributed by atoms with Gasteiger partial charge < -0.3 is 10.1 Å². The van der Waals surface area contributed by atoms with Crippen molar-refractivity contribution in [1.82, 2.24) is 0 Å². The van der Waals surface area contributed by atoms with Crippen molar-refractivity contribution >= 4 is 29.2 Å². The van der Waals surface area contributed by atoms with Gasteiger partial charge in [-0.1, -0.05) is 17.7 Å². The van der Waals surface area contributed by atoms with Crippen LogP contribution in [0.4, 0.5) is 10.1 Å². The number of rotatable bonds is 4. The molecule has 0 radical (unpaired) electrons. The van der Waals surface area contributed by atoms with Gasteiger partial charge in [-0.05, 0) is 49.4 Å². The third kappa shape index (κ3) is 4.30. The summed E-state index contributed by atoms with van der Waals surface area (Å²) < 4.78 is 17.8. The molecule has 2 rings (SSSR count). The van der Waals surface area contributed by atoms with Crippen molar-refractivity contribution in [2.75, 3.05) is 5.32 Å². The van der Waals surface area contributed by atoms with E-state index < -0.39 is 23.8 Å². The number of carbonyl (C=O) groups is 2. The molecule has 0 heterocycles. The van der Waals surface area contributed by atoms with Crippen LogP contribution in [0.25, 0.3) is 0 Å². The zero-order valence-corrected chi connectivity index (χ0v) is 12.4. The molecule has 1 amide bonds. The topological polar surface area (TPSA) is 55.4 Å². The lowest BCUT2D eigenvalue weighted by molar-refractivity contribution is -0.123. The van der Waals surface area contributed by atoms with Crippen molar-refractivity contribution in [2.24, 2.45) is 0 Å². The molecule has 0 spiro atoms. The fourth-order valence-corrected chi connectivity index (χ4v) is 1.87. The molecule has 0 aromatic heterocycles. The minimum Gasteiger partial charge on any atom is -0.449 e. The Hall–Kier alpha value is -2.40. The maximum Gasteiger partial charge on any atom is 0.338 e. The smallest absolute Gasteiger partial charge is 0.338 e. The summed E-state index contributed by atoms with van der Waals surface area (Å²) in [7, 11) is 0. The number of anilines is 1. The molecule has 0 saturated carbocycles. The van der Waals surface area contributed by atoms with Crippen LogP contribution in [0.2, 0.25) is 5.02 Å². The third-order valence-electron chi connectivity index (χ3n) is 2.83. The Labute approximate surface area is 131 Å². The number of hydrogen-bond acceptors (Lipinski definition) is 3. The van der Waals surface area contributed by atoms with Crippen LogP contribution in [0.3, 0.4) is 0 Å². The number of nitrogens with one attached hydrogen (secondary N) is 1. The van der Waals surface area contributed by atoms with Gasteiger partial charge in [-0.3, -0.25) is 4.79 Å².